The van der Waals surface area contributed by atoms with Gasteiger partial charge in [0.2, 0.25) is 0 Å². The maximum Gasteiger partial charge on any atom is 0.250 e. The predicted molar refractivity (Wildman–Crippen MR) is 87.7 cm³/mol. The van der Waals surface area contributed by atoms with Crippen molar-refractivity contribution >= 4 is 8.32 Å². The summed E-state index contributed by atoms with van der Waals surface area (Å²) in [4.78, 5) is 0. The first-order valence-electron chi connectivity index (χ1n) is 7.15. The fraction of sp³-hybridized carbons (Fsp3) is 0.647. The molecular formula is C17H30OSi. The Morgan fingerprint density at radius 2 is 1.47 bits per heavy atom. The Balaban J connectivity index is 3.29. The summed E-state index contributed by atoms with van der Waals surface area (Å²) < 4.78 is 6.59. The second-order valence-corrected chi connectivity index (χ2v) is 12.8. The molecule has 0 spiro atoms. The Labute approximate surface area is 120 Å². The SMILES string of the molecule is Cc1cccc(C(C)(C)C)c1O[Si](C)(C)C(C)(C)C. The van der Waals surface area contributed by atoms with Gasteiger partial charge in [0.25, 0.3) is 8.32 Å². The fourth-order valence-corrected chi connectivity index (χ4v) is 2.87. The van der Waals surface area contributed by atoms with Crippen molar-refractivity contribution in [3.8, 4) is 5.75 Å². The summed E-state index contributed by atoms with van der Waals surface area (Å²) in [6.45, 7) is 20.4. The summed E-state index contributed by atoms with van der Waals surface area (Å²) in [5, 5.41) is 0.227. The minimum atomic E-state index is -1.79. The minimum absolute atomic E-state index is 0.115. The molecule has 19 heavy (non-hydrogen) atoms. The van der Waals surface area contributed by atoms with Crippen LogP contribution in [0.3, 0.4) is 0 Å². The molecule has 0 bridgehead atoms. The van der Waals surface area contributed by atoms with Crippen molar-refractivity contribution in [3.05, 3.63) is 29.3 Å². The summed E-state index contributed by atoms with van der Waals surface area (Å²) in [5.41, 5.74) is 2.68. The molecule has 1 aromatic rings. The first-order valence-corrected chi connectivity index (χ1v) is 10.1. The molecule has 0 saturated carbocycles. The number of benzene rings is 1. The molecule has 0 N–H and O–H groups in total. The fourth-order valence-electron chi connectivity index (χ4n) is 1.79. The Hall–Kier alpha value is -0.763. The van der Waals surface area contributed by atoms with E-state index in [0.717, 1.165) is 5.75 Å². The summed E-state index contributed by atoms with van der Waals surface area (Å²) in [5.74, 6) is 1.11. The highest BCUT2D eigenvalue weighted by Gasteiger charge is 2.40. The zero-order valence-corrected chi connectivity index (χ0v) is 15.1. The topological polar surface area (TPSA) is 9.23 Å². The molecule has 1 rings (SSSR count). The van der Waals surface area contributed by atoms with Crippen LogP contribution in [0.25, 0.3) is 0 Å². The predicted octanol–water partition coefficient (Wildman–Crippen LogP) is 5.68. The van der Waals surface area contributed by atoms with E-state index in [1.165, 1.54) is 11.1 Å². The van der Waals surface area contributed by atoms with Crippen LogP contribution in [0.1, 0.15) is 52.7 Å². The zero-order chi connectivity index (χ0) is 15.1. The smallest absolute Gasteiger partial charge is 0.250 e. The molecule has 1 aromatic carbocycles. The zero-order valence-electron chi connectivity index (χ0n) is 14.1. The molecule has 1 nitrogen and oxygen atoms in total. The lowest BCUT2D eigenvalue weighted by atomic mass is 9.85. The van der Waals surface area contributed by atoms with Gasteiger partial charge in [-0.1, -0.05) is 59.7 Å². The molecule has 0 radical (unpaired) electrons. The van der Waals surface area contributed by atoms with Gasteiger partial charge in [-0.25, -0.2) is 0 Å². The highest BCUT2D eigenvalue weighted by atomic mass is 28.4. The third-order valence-corrected chi connectivity index (χ3v) is 8.51. The maximum atomic E-state index is 6.59. The van der Waals surface area contributed by atoms with Gasteiger partial charge in [0.1, 0.15) is 5.75 Å². The Bertz CT molecular complexity index is 447. The normalized spacial score (nSPS) is 13.5. The molecule has 0 aromatic heterocycles. The molecular weight excluding hydrogens is 248 g/mol. The molecule has 0 heterocycles. The van der Waals surface area contributed by atoms with Gasteiger partial charge in [0.15, 0.2) is 0 Å². The lowest BCUT2D eigenvalue weighted by Crippen LogP contribution is -2.44. The van der Waals surface area contributed by atoms with Gasteiger partial charge in [-0.15, -0.1) is 0 Å². The van der Waals surface area contributed by atoms with Crippen LogP contribution in [0.15, 0.2) is 18.2 Å². The van der Waals surface area contributed by atoms with Crippen molar-refractivity contribution < 1.29 is 4.43 Å². The Morgan fingerprint density at radius 1 is 0.947 bits per heavy atom. The molecule has 0 aliphatic heterocycles. The first-order chi connectivity index (χ1) is 8.36. The van der Waals surface area contributed by atoms with Crippen LogP contribution in [0.2, 0.25) is 18.1 Å². The van der Waals surface area contributed by atoms with E-state index in [0.29, 0.717) is 0 Å². The van der Waals surface area contributed by atoms with Crippen LogP contribution >= 0.6 is 0 Å². The number of hydrogen-bond acceptors (Lipinski definition) is 1. The summed E-state index contributed by atoms with van der Waals surface area (Å²) >= 11 is 0. The van der Waals surface area contributed by atoms with Crippen LogP contribution in [-0.4, -0.2) is 8.32 Å². The monoisotopic (exact) mass is 278 g/mol. The van der Waals surface area contributed by atoms with E-state index in [9.17, 15) is 0 Å². The summed E-state index contributed by atoms with van der Waals surface area (Å²) in [6.07, 6.45) is 0. The van der Waals surface area contributed by atoms with Gasteiger partial charge in [-0.3, -0.25) is 0 Å². The molecule has 0 unspecified atom stereocenters. The van der Waals surface area contributed by atoms with Crippen molar-refractivity contribution in [1.29, 1.82) is 0 Å². The van der Waals surface area contributed by atoms with Crippen molar-refractivity contribution in [2.24, 2.45) is 0 Å². The lowest BCUT2D eigenvalue weighted by Gasteiger charge is -2.38. The molecule has 0 aliphatic carbocycles. The average molecular weight is 279 g/mol. The van der Waals surface area contributed by atoms with Crippen LogP contribution in [0.4, 0.5) is 0 Å². The quantitative estimate of drug-likeness (QED) is 0.633. The van der Waals surface area contributed by atoms with Crippen molar-refractivity contribution in [2.75, 3.05) is 0 Å². The van der Waals surface area contributed by atoms with Gasteiger partial charge < -0.3 is 4.43 Å². The standard InChI is InChI=1S/C17H30OSi/c1-13-11-10-12-14(16(2,3)4)15(13)18-19(8,9)17(5,6)7/h10-12H,1-9H3. The number of aryl methyl sites for hydroxylation is 1. The lowest BCUT2D eigenvalue weighted by molar-refractivity contribution is 0.465. The first kappa shape index (κ1) is 16.3. The molecule has 0 atom stereocenters. The van der Waals surface area contributed by atoms with Crippen molar-refractivity contribution in [2.45, 2.75) is 72.0 Å². The number of hydrogen-bond donors (Lipinski definition) is 0. The molecule has 0 aliphatic rings. The van der Waals surface area contributed by atoms with Gasteiger partial charge in [-0.05, 0) is 41.6 Å². The summed E-state index contributed by atoms with van der Waals surface area (Å²) in [7, 11) is -1.79. The molecule has 0 amide bonds. The van der Waals surface area contributed by atoms with E-state index in [4.69, 9.17) is 4.43 Å². The highest BCUT2D eigenvalue weighted by molar-refractivity contribution is 6.74. The average Bonchev–Trinajstić information content (AvgIpc) is 2.17. The van der Waals surface area contributed by atoms with E-state index in [2.05, 4.69) is 79.8 Å². The van der Waals surface area contributed by atoms with Gasteiger partial charge >= 0.3 is 0 Å². The van der Waals surface area contributed by atoms with Gasteiger partial charge in [0.05, 0.1) is 0 Å². The number of rotatable bonds is 2. The van der Waals surface area contributed by atoms with Crippen LogP contribution in [0.5, 0.6) is 5.75 Å². The van der Waals surface area contributed by atoms with E-state index >= 15 is 0 Å². The molecule has 2 heteroatoms. The van der Waals surface area contributed by atoms with Gasteiger partial charge in [0, 0.05) is 0 Å². The largest absolute Gasteiger partial charge is 0.543 e. The molecule has 108 valence electrons. The molecule has 0 fully saturated rings. The number of para-hydroxylation sites is 1. The summed E-state index contributed by atoms with van der Waals surface area (Å²) in [6, 6.07) is 6.49. The van der Waals surface area contributed by atoms with Crippen LogP contribution < -0.4 is 4.43 Å². The maximum absolute atomic E-state index is 6.59. The van der Waals surface area contributed by atoms with Crippen molar-refractivity contribution in [1.82, 2.24) is 0 Å². The minimum Gasteiger partial charge on any atom is -0.543 e. The van der Waals surface area contributed by atoms with E-state index in [-0.39, 0.29) is 10.5 Å². The van der Waals surface area contributed by atoms with E-state index in [1.54, 1.807) is 0 Å². The van der Waals surface area contributed by atoms with Crippen LogP contribution in [0, 0.1) is 6.92 Å². The van der Waals surface area contributed by atoms with Gasteiger partial charge in [-0.2, -0.15) is 0 Å². The van der Waals surface area contributed by atoms with E-state index < -0.39 is 8.32 Å². The second kappa shape index (κ2) is 4.97. The Morgan fingerprint density at radius 3 is 1.89 bits per heavy atom. The molecule has 0 saturated heterocycles. The highest BCUT2D eigenvalue weighted by Crippen LogP contribution is 2.41. The second-order valence-electron chi connectivity index (χ2n) is 8.06. The van der Waals surface area contributed by atoms with E-state index in [1.807, 2.05) is 0 Å². The third-order valence-electron chi connectivity index (χ3n) is 4.18. The van der Waals surface area contributed by atoms with Crippen molar-refractivity contribution in [3.63, 3.8) is 0 Å². The van der Waals surface area contributed by atoms with Crippen LogP contribution in [-0.2, 0) is 5.41 Å². The Kier molecular flexibility index (Phi) is 4.26. The third kappa shape index (κ3) is 3.62.